The van der Waals surface area contributed by atoms with Crippen molar-refractivity contribution >= 4 is 17.6 Å². The lowest BCUT2D eigenvalue weighted by atomic mass is 9.75. The van der Waals surface area contributed by atoms with E-state index in [2.05, 4.69) is 20.6 Å². The predicted molar refractivity (Wildman–Crippen MR) is 105 cm³/mol. The molecule has 0 bridgehead atoms. The summed E-state index contributed by atoms with van der Waals surface area (Å²) in [6.45, 7) is 0.405. The van der Waals surface area contributed by atoms with Gasteiger partial charge in [-0.05, 0) is 55.2 Å². The minimum absolute atomic E-state index is 0.0123. The fourth-order valence-electron chi connectivity index (χ4n) is 3.87. The van der Waals surface area contributed by atoms with Crippen LogP contribution in [0.3, 0.4) is 0 Å². The van der Waals surface area contributed by atoms with Gasteiger partial charge in [0.05, 0.1) is 17.5 Å². The summed E-state index contributed by atoms with van der Waals surface area (Å²) < 4.78 is 53.5. The number of halogens is 4. The van der Waals surface area contributed by atoms with E-state index in [4.69, 9.17) is 5.11 Å². The molecule has 2 aliphatic carbocycles. The zero-order valence-corrected chi connectivity index (χ0v) is 16.5. The molecule has 6 nitrogen and oxygen atoms in total. The highest BCUT2D eigenvalue weighted by Crippen LogP contribution is 2.43. The maximum absolute atomic E-state index is 14.9. The van der Waals surface area contributed by atoms with Gasteiger partial charge >= 0.3 is 12.1 Å². The Labute approximate surface area is 176 Å². The highest BCUT2D eigenvalue weighted by molar-refractivity contribution is 5.71. The van der Waals surface area contributed by atoms with Crippen LogP contribution < -0.4 is 10.6 Å². The van der Waals surface area contributed by atoms with E-state index in [-0.39, 0.29) is 35.4 Å². The van der Waals surface area contributed by atoms with Crippen molar-refractivity contribution in [2.45, 2.75) is 37.9 Å². The van der Waals surface area contributed by atoms with Crippen LogP contribution in [0.15, 0.2) is 30.6 Å². The fraction of sp³-hybridized carbons (Fsp3) is 0.476. The minimum atomic E-state index is -4.41. The summed E-state index contributed by atoms with van der Waals surface area (Å²) in [6.07, 6.45) is -0.335. The summed E-state index contributed by atoms with van der Waals surface area (Å²) in [5.74, 6) is -1.52. The fourth-order valence-corrected chi connectivity index (χ4v) is 3.87. The average molecular weight is 438 g/mol. The molecule has 31 heavy (non-hydrogen) atoms. The van der Waals surface area contributed by atoms with Crippen molar-refractivity contribution in [2.75, 3.05) is 17.2 Å². The average Bonchev–Trinajstić information content (AvgIpc) is 3.51. The van der Waals surface area contributed by atoms with Gasteiger partial charge in [0, 0.05) is 6.54 Å². The van der Waals surface area contributed by atoms with Crippen molar-refractivity contribution in [1.82, 2.24) is 9.97 Å². The molecule has 4 rings (SSSR count). The summed E-state index contributed by atoms with van der Waals surface area (Å²) in [5, 5.41) is 14.9. The van der Waals surface area contributed by atoms with Crippen molar-refractivity contribution in [1.29, 1.82) is 0 Å². The van der Waals surface area contributed by atoms with Crippen LogP contribution in [0.5, 0.6) is 0 Å². The van der Waals surface area contributed by atoms with Gasteiger partial charge in [-0.2, -0.15) is 17.6 Å². The third-order valence-electron chi connectivity index (χ3n) is 5.92. The zero-order valence-electron chi connectivity index (χ0n) is 16.5. The SMILES string of the molecule is O=C(O)C1CC(CNc2ncnc(NC(c3ccc(C(F)(F)F)cc3)C3CC3)c2F)C1. The third-order valence-corrected chi connectivity index (χ3v) is 5.92. The second-order valence-electron chi connectivity index (χ2n) is 8.22. The molecule has 2 fully saturated rings. The number of aromatic nitrogens is 2. The first-order chi connectivity index (χ1) is 14.7. The number of nitrogens with one attached hydrogen (secondary N) is 2. The Morgan fingerprint density at radius 1 is 1.13 bits per heavy atom. The van der Waals surface area contributed by atoms with E-state index < -0.39 is 23.5 Å². The number of hydrogen-bond acceptors (Lipinski definition) is 5. The van der Waals surface area contributed by atoms with Crippen molar-refractivity contribution in [3.63, 3.8) is 0 Å². The van der Waals surface area contributed by atoms with Crippen LogP contribution in [0, 0.1) is 23.6 Å². The van der Waals surface area contributed by atoms with E-state index in [0.29, 0.717) is 24.9 Å². The molecule has 0 spiro atoms. The number of alkyl halides is 3. The van der Waals surface area contributed by atoms with E-state index in [0.717, 1.165) is 25.0 Å². The maximum atomic E-state index is 14.9. The molecule has 1 aromatic heterocycles. The molecule has 0 aliphatic heterocycles. The Morgan fingerprint density at radius 2 is 1.77 bits per heavy atom. The van der Waals surface area contributed by atoms with Crippen molar-refractivity contribution < 1.29 is 27.5 Å². The minimum Gasteiger partial charge on any atom is -0.481 e. The lowest BCUT2D eigenvalue weighted by Crippen LogP contribution is -2.34. The molecule has 1 heterocycles. The molecule has 0 saturated heterocycles. The van der Waals surface area contributed by atoms with Crippen molar-refractivity contribution in [3.8, 4) is 0 Å². The van der Waals surface area contributed by atoms with Gasteiger partial charge in [-0.3, -0.25) is 4.79 Å². The largest absolute Gasteiger partial charge is 0.481 e. The normalized spacial score (nSPS) is 21.8. The van der Waals surface area contributed by atoms with Crippen LogP contribution in [0.25, 0.3) is 0 Å². The van der Waals surface area contributed by atoms with Gasteiger partial charge in [0.1, 0.15) is 6.33 Å². The second-order valence-corrected chi connectivity index (χ2v) is 8.22. The first kappa shape index (κ1) is 21.3. The van der Waals surface area contributed by atoms with E-state index in [1.165, 1.54) is 18.5 Å². The molecule has 1 atom stereocenters. The Kier molecular flexibility index (Phi) is 5.72. The van der Waals surface area contributed by atoms with Crippen molar-refractivity contribution in [2.24, 2.45) is 17.8 Å². The smallest absolute Gasteiger partial charge is 0.416 e. The quantitative estimate of drug-likeness (QED) is 0.517. The highest BCUT2D eigenvalue weighted by atomic mass is 19.4. The van der Waals surface area contributed by atoms with Gasteiger partial charge < -0.3 is 15.7 Å². The lowest BCUT2D eigenvalue weighted by molar-refractivity contribution is -0.146. The summed E-state index contributed by atoms with van der Waals surface area (Å²) in [6, 6.07) is 4.51. The van der Waals surface area contributed by atoms with Gasteiger partial charge in [-0.1, -0.05) is 12.1 Å². The van der Waals surface area contributed by atoms with E-state index in [1.54, 1.807) is 0 Å². The topological polar surface area (TPSA) is 87.1 Å². The van der Waals surface area contributed by atoms with Gasteiger partial charge in [0.25, 0.3) is 0 Å². The molecule has 0 amide bonds. The molecule has 2 aromatic rings. The van der Waals surface area contributed by atoms with E-state index >= 15 is 0 Å². The number of aliphatic carboxylic acids is 1. The second kappa shape index (κ2) is 8.32. The number of nitrogens with zero attached hydrogens (tertiary/aromatic N) is 2. The standard InChI is InChI=1S/C21H22F4N4O2/c22-16-18(26-9-11-7-14(8-11)20(30)31)27-10-28-19(16)29-17(12-1-2-12)13-3-5-15(6-4-13)21(23,24)25/h3-6,10-12,14,17H,1-2,7-9H2,(H,30,31)(H2,26,27,28,29). The van der Waals surface area contributed by atoms with Crippen LogP contribution in [-0.4, -0.2) is 27.6 Å². The Bertz CT molecular complexity index is 941. The molecule has 1 aromatic carbocycles. The molecule has 166 valence electrons. The molecule has 2 saturated carbocycles. The first-order valence-electron chi connectivity index (χ1n) is 10.1. The van der Waals surface area contributed by atoms with Crippen LogP contribution in [0.4, 0.5) is 29.2 Å². The third kappa shape index (κ3) is 4.88. The Hall–Kier alpha value is -2.91. The molecule has 1 unspecified atom stereocenters. The molecule has 2 aliphatic rings. The number of hydrogen-bond donors (Lipinski definition) is 3. The number of carbonyl (C=O) groups is 1. The molecular weight excluding hydrogens is 416 g/mol. The number of carboxylic acids is 1. The van der Waals surface area contributed by atoms with Crippen LogP contribution in [-0.2, 0) is 11.0 Å². The molecule has 0 radical (unpaired) electrons. The number of anilines is 2. The Balaban J connectivity index is 1.44. The van der Waals surface area contributed by atoms with Gasteiger partial charge in [-0.15, -0.1) is 0 Å². The van der Waals surface area contributed by atoms with Crippen LogP contribution >= 0.6 is 0 Å². The predicted octanol–water partition coefficient (Wildman–Crippen LogP) is 4.72. The van der Waals surface area contributed by atoms with Gasteiger partial charge in [-0.25, -0.2) is 9.97 Å². The number of carboxylic acid groups (broad SMARTS) is 1. The number of benzene rings is 1. The Morgan fingerprint density at radius 3 is 2.35 bits per heavy atom. The summed E-state index contributed by atoms with van der Waals surface area (Å²) >= 11 is 0. The lowest BCUT2D eigenvalue weighted by Gasteiger charge is -2.32. The van der Waals surface area contributed by atoms with E-state index in [9.17, 15) is 22.4 Å². The van der Waals surface area contributed by atoms with Crippen molar-refractivity contribution in [3.05, 3.63) is 47.5 Å². The molecule has 3 N–H and O–H groups in total. The van der Waals surface area contributed by atoms with Gasteiger partial charge in [0.15, 0.2) is 11.6 Å². The summed E-state index contributed by atoms with van der Waals surface area (Å²) in [7, 11) is 0. The maximum Gasteiger partial charge on any atom is 0.416 e. The monoisotopic (exact) mass is 438 g/mol. The summed E-state index contributed by atoms with van der Waals surface area (Å²) in [5.41, 5.74) is -0.0937. The summed E-state index contributed by atoms with van der Waals surface area (Å²) in [4.78, 5) is 18.8. The van der Waals surface area contributed by atoms with E-state index in [1.807, 2.05) is 0 Å². The number of rotatable bonds is 8. The molecule has 10 heteroatoms. The van der Waals surface area contributed by atoms with Gasteiger partial charge in [0.2, 0.25) is 5.82 Å². The first-order valence-corrected chi connectivity index (χ1v) is 10.1. The zero-order chi connectivity index (χ0) is 22.2. The highest BCUT2D eigenvalue weighted by Gasteiger charge is 2.36. The van der Waals surface area contributed by atoms with Crippen LogP contribution in [0.1, 0.15) is 42.9 Å². The van der Waals surface area contributed by atoms with Crippen LogP contribution in [0.2, 0.25) is 0 Å². The molecular formula is C21H22F4N4O2.